The molecule has 8 nitrogen and oxygen atoms in total. The van der Waals surface area contributed by atoms with Gasteiger partial charge in [0, 0.05) is 31.3 Å². The van der Waals surface area contributed by atoms with Crippen LogP contribution in [0.2, 0.25) is 0 Å². The smallest absolute Gasteiger partial charge is 0.328 e. The molecular weight excluding hydrogens is 386 g/mol. The summed E-state index contributed by atoms with van der Waals surface area (Å²) in [5.74, 6) is -0.633. The predicted molar refractivity (Wildman–Crippen MR) is 110 cm³/mol. The first-order valence-electron chi connectivity index (χ1n) is 9.95. The molecule has 0 aliphatic carbocycles. The molecule has 0 aromatic heterocycles. The molecule has 0 radical (unpaired) electrons. The fourth-order valence-corrected chi connectivity index (χ4v) is 4.40. The fourth-order valence-electron chi connectivity index (χ4n) is 4.40. The Balaban J connectivity index is 1.60. The van der Waals surface area contributed by atoms with Crippen molar-refractivity contribution in [3.05, 3.63) is 69.3 Å². The third-order valence-corrected chi connectivity index (χ3v) is 5.89. The number of benzene rings is 2. The first-order valence-corrected chi connectivity index (χ1v) is 9.95. The van der Waals surface area contributed by atoms with Gasteiger partial charge in [0.1, 0.15) is 6.04 Å². The van der Waals surface area contributed by atoms with Gasteiger partial charge in [0.25, 0.3) is 5.69 Å². The van der Waals surface area contributed by atoms with Gasteiger partial charge >= 0.3 is 5.97 Å². The molecule has 2 aromatic carbocycles. The summed E-state index contributed by atoms with van der Waals surface area (Å²) < 4.78 is 4.95. The van der Waals surface area contributed by atoms with Crippen LogP contribution in [0.5, 0.6) is 0 Å². The molecule has 0 spiro atoms. The summed E-state index contributed by atoms with van der Waals surface area (Å²) in [5, 5.41) is 11.4. The van der Waals surface area contributed by atoms with Gasteiger partial charge in [-0.25, -0.2) is 4.79 Å². The molecule has 2 aromatic rings. The van der Waals surface area contributed by atoms with E-state index in [1.165, 1.54) is 13.2 Å². The monoisotopic (exact) mass is 409 g/mol. The lowest BCUT2D eigenvalue weighted by Crippen LogP contribution is -2.52. The van der Waals surface area contributed by atoms with Crippen LogP contribution in [0.4, 0.5) is 11.4 Å². The van der Waals surface area contributed by atoms with E-state index in [0.717, 1.165) is 23.2 Å². The van der Waals surface area contributed by atoms with Crippen LogP contribution < -0.4 is 4.90 Å². The van der Waals surface area contributed by atoms with Crippen LogP contribution in [0.3, 0.4) is 0 Å². The first-order chi connectivity index (χ1) is 14.5. The van der Waals surface area contributed by atoms with Crippen molar-refractivity contribution < 1.29 is 19.2 Å². The minimum atomic E-state index is -0.674. The zero-order valence-electron chi connectivity index (χ0n) is 16.7. The van der Waals surface area contributed by atoms with Crippen LogP contribution in [0.25, 0.3) is 0 Å². The molecule has 0 N–H and O–H groups in total. The largest absolute Gasteiger partial charge is 0.467 e. The molecule has 2 heterocycles. The van der Waals surface area contributed by atoms with Crippen LogP contribution in [0, 0.1) is 10.1 Å². The maximum Gasteiger partial charge on any atom is 0.328 e. The molecule has 0 saturated heterocycles. The predicted octanol–water partition coefficient (Wildman–Crippen LogP) is 2.47. The van der Waals surface area contributed by atoms with Crippen LogP contribution in [0.1, 0.15) is 23.1 Å². The molecule has 1 unspecified atom stereocenters. The molecule has 0 bridgehead atoms. The number of fused-ring (bicyclic) bond motifs is 2. The number of nitro benzene ring substituents is 1. The van der Waals surface area contributed by atoms with Gasteiger partial charge in [0.05, 0.1) is 24.1 Å². The summed E-state index contributed by atoms with van der Waals surface area (Å²) in [6.07, 6.45) is 1.75. The van der Waals surface area contributed by atoms with Gasteiger partial charge in [-0.05, 0) is 30.0 Å². The molecule has 1 atom stereocenters. The zero-order chi connectivity index (χ0) is 21.3. The van der Waals surface area contributed by atoms with Gasteiger partial charge in [-0.3, -0.25) is 14.9 Å². The number of amides is 1. The number of carbonyl (C=O) groups excluding carboxylic acids is 2. The van der Waals surface area contributed by atoms with Crippen LogP contribution >= 0.6 is 0 Å². The number of nitro groups is 1. The zero-order valence-corrected chi connectivity index (χ0v) is 16.7. The van der Waals surface area contributed by atoms with Crippen molar-refractivity contribution >= 4 is 23.3 Å². The molecule has 2 aliphatic rings. The third kappa shape index (κ3) is 3.60. The van der Waals surface area contributed by atoms with Crippen LogP contribution in [-0.4, -0.2) is 47.9 Å². The number of anilines is 1. The highest BCUT2D eigenvalue weighted by Gasteiger charge is 2.36. The Morgan fingerprint density at radius 3 is 2.67 bits per heavy atom. The van der Waals surface area contributed by atoms with Crippen molar-refractivity contribution in [2.24, 2.45) is 0 Å². The van der Waals surface area contributed by atoms with Crippen molar-refractivity contribution in [1.82, 2.24) is 4.90 Å². The van der Waals surface area contributed by atoms with Gasteiger partial charge in [-0.15, -0.1) is 0 Å². The van der Waals surface area contributed by atoms with Crippen LogP contribution in [-0.2, 0) is 33.7 Å². The summed E-state index contributed by atoms with van der Waals surface area (Å²) >= 11 is 0. The van der Waals surface area contributed by atoms with E-state index in [2.05, 4.69) is 0 Å². The van der Waals surface area contributed by atoms with E-state index in [9.17, 15) is 19.7 Å². The Bertz CT molecular complexity index is 1010. The maximum atomic E-state index is 13.3. The number of ether oxygens (including phenoxy) is 1. The average molecular weight is 409 g/mol. The number of hydrogen-bond acceptors (Lipinski definition) is 6. The van der Waals surface area contributed by atoms with Gasteiger partial charge in [-0.1, -0.05) is 30.3 Å². The number of methoxy groups -OCH3 is 1. The SMILES string of the molecule is COC(=O)C1Cc2ccccc2CN1C(=O)CN1CCCc2c1cccc2[N+](=O)[O-]. The summed E-state index contributed by atoms with van der Waals surface area (Å²) in [5.41, 5.74) is 3.52. The topological polar surface area (TPSA) is 93.0 Å². The number of esters is 1. The fraction of sp³-hybridized carbons (Fsp3) is 0.364. The molecule has 1 amide bonds. The van der Waals surface area contributed by atoms with Gasteiger partial charge < -0.3 is 14.5 Å². The second-order valence-corrected chi connectivity index (χ2v) is 7.59. The van der Waals surface area contributed by atoms with E-state index in [-0.39, 0.29) is 23.1 Å². The Morgan fingerprint density at radius 2 is 1.93 bits per heavy atom. The summed E-state index contributed by atoms with van der Waals surface area (Å²) in [6, 6.07) is 12.1. The summed E-state index contributed by atoms with van der Waals surface area (Å²) in [4.78, 5) is 40.1. The maximum absolute atomic E-state index is 13.3. The van der Waals surface area contributed by atoms with Crippen molar-refractivity contribution in [3.63, 3.8) is 0 Å². The van der Waals surface area contributed by atoms with E-state index in [1.54, 1.807) is 11.0 Å². The Labute approximate surface area is 174 Å². The van der Waals surface area contributed by atoms with E-state index < -0.39 is 12.0 Å². The van der Waals surface area contributed by atoms with Gasteiger partial charge in [0.15, 0.2) is 0 Å². The van der Waals surface area contributed by atoms with Gasteiger partial charge in [0.2, 0.25) is 5.91 Å². The summed E-state index contributed by atoms with van der Waals surface area (Å²) in [7, 11) is 1.32. The lowest BCUT2D eigenvalue weighted by molar-refractivity contribution is -0.385. The minimum absolute atomic E-state index is 0.0594. The highest BCUT2D eigenvalue weighted by Crippen LogP contribution is 2.34. The molecule has 8 heteroatoms. The molecule has 156 valence electrons. The molecule has 0 fully saturated rings. The average Bonchev–Trinajstić information content (AvgIpc) is 2.77. The Morgan fingerprint density at radius 1 is 1.17 bits per heavy atom. The lowest BCUT2D eigenvalue weighted by Gasteiger charge is -2.38. The van der Waals surface area contributed by atoms with Crippen molar-refractivity contribution in [3.8, 4) is 0 Å². The Kier molecular flexibility index (Phi) is 5.39. The first kappa shape index (κ1) is 19.9. The summed E-state index contributed by atoms with van der Waals surface area (Å²) in [6.45, 7) is 1.03. The van der Waals surface area contributed by atoms with E-state index >= 15 is 0 Å². The molecule has 4 rings (SSSR count). The van der Waals surface area contributed by atoms with Crippen molar-refractivity contribution in [2.45, 2.75) is 31.8 Å². The second kappa shape index (κ2) is 8.14. The highest BCUT2D eigenvalue weighted by molar-refractivity contribution is 5.88. The number of rotatable bonds is 4. The molecule has 2 aliphatic heterocycles. The highest BCUT2D eigenvalue weighted by atomic mass is 16.6. The Hall–Kier alpha value is -3.42. The number of nitrogens with zero attached hydrogens (tertiary/aromatic N) is 3. The minimum Gasteiger partial charge on any atom is -0.467 e. The standard InChI is InChI=1S/C22H23N3O5/c1-30-22(27)20-12-15-6-2-3-7-16(15)13-24(20)21(26)14-23-11-5-8-17-18(23)9-4-10-19(17)25(28)29/h2-4,6-7,9-10,20H,5,8,11-14H2,1H3. The lowest BCUT2D eigenvalue weighted by atomic mass is 9.93. The second-order valence-electron chi connectivity index (χ2n) is 7.59. The van der Waals surface area contributed by atoms with E-state index in [4.69, 9.17) is 4.74 Å². The normalized spacial score (nSPS) is 17.7. The van der Waals surface area contributed by atoms with Gasteiger partial charge in [-0.2, -0.15) is 0 Å². The third-order valence-electron chi connectivity index (χ3n) is 5.89. The van der Waals surface area contributed by atoms with Crippen molar-refractivity contribution in [2.75, 3.05) is 25.1 Å². The molecule has 30 heavy (non-hydrogen) atoms. The van der Waals surface area contributed by atoms with E-state index in [0.29, 0.717) is 31.5 Å². The number of carbonyl (C=O) groups is 2. The van der Waals surface area contributed by atoms with E-state index in [1.807, 2.05) is 35.2 Å². The molecule has 0 saturated carbocycles. The number of hydrogen-bond donors (Lipinski definition) is 0. The molecular formula is C22H23N3O5. The quantitative estimate of drug-likeness (QED) is 0.438. The van der Waals surface area contributed by atoms with Crippen molar-refractivity contribution in [1.29, 1.82) is 0 Å². The van der Waals surface area contributed by atoms with Crippen LogP contribution in [0.15, 0.2) is 42.5 Å².